The molecule has 0 aliphatic heterocycles. The second-order valence-electron chi connectivity index (χ2n) is 17.9. The normalized spacial score (nSPS) is 15.6. The first-order valence-corrected chi connectivity index (χ1v) is 20.8. The molecule has 0 radical (unpaired) electrons. The minimum Gasteiger partial charge on any atom is -1.00 e. The van der Waals surface area contributed by atoms with Gasteiger partial charge in [0.1, 0.15) is 0 Å². The predicted molar refractivity (Wildman–Crippen MR) is 224 cm³/mol. The Hall–Kier alpha value is -3.51. The number of halogens is 8. The topological polar surface area (TPSA) is 0 Å². The van der Waals surface area contributed by atoms with Crippen molar-refractivity contribution in [3.63, 3.8) is 0 Å². The van der Waals surface area contributed by atoms with Gasteiger partial charge in [-0.1, -0.05) is 89.1 Å². The largest absolute Gasteiger partial charge is 1.00 e. The van der Waals surface area contributed by atoms with Crippen LogP contribution in [0.25, 0.3) is 22.3 Å². The number of allylic oxidation sites excluding steroid dienone is 4. The predicted octanol–water partition coefficient (Wildman–Crippen LogP) is 8.79. The van der Waals surface area contributed by atoms with Crippen LogP contribution in [0.1, 0.15) is 130 Å². The van der Waals surface area contributed by atoms with Gasteiger partial charge in [0.15, 0.2) is 0 Å². The van der Waals surface area contributed by atoms with E-state index in [4.69, 9.17) is 0 Å². The molecular weight excluding hydrogens is 889 g/mol. The molecule has 0 heterocycles. The average molecular weight is 939 g/mol. The molecule has 0 saturated carbocycles. The fraction of sp³-hybridized carbons (Fsp3) is 0.314. The van der Waals surface area contributed by atoms with E-state index in [1.807, 2.05) is 0 Å². The number of rotatable bonds is 2. The van der Waals surface area contributed by atoms with Crippen LogP contribution in [-0.2, 0) is 59.3 Å². The Labute approximate surface area is 379 Å². The summed E-state index contributed by atoms with van der Waals surface area (Å²) in [6.07, 6.45) is 0.468. The quantitative estimate of drug-likeness (QED) is 0.120. The molecule has 5 aromatic rings. The molecule has 316 valence electrons. The van der Waals surface area contributed by atoms with Gasteiger partial charge >= 0.3 is 137 Å². The molecule has 0 bridgehead atoms. The van der Waals surface area contributed by atoms with Crippen molar-refractivity contribution in [2.24, 2.45) is 0 Å². The maximum absolute atomic E-state index is 12.5. The number of alkyl halides is 6. The van der Waals surface area contributed by atoms with Gasteiger partial charge in [0.05, 0.1) is 0 Å². The molecule has 60 heavy (non-hydrogen) atoms. The molecule has 0 saturated heterocycles. The van der Waals surface area contributed by atoms with Crippen molar-refractivity contribution in [1.29, 1.82) is 0 Å². The molecule has 0 unspecified atom stereocenters. The van der Waals surface area contributed by atoms with Crippen LogP contribution in [0.15, 0.2) is 109 Å². The zero-order chi connectivity index (χ0) is 42.6. The fourth-order valence-corrected chi connectivity index (χ4v) is 8.69. The van der Waals surface area contributed by atoms with Gasteiger partial charge < -0.3 is 24.8 Å². The summed E-state index contributed by atoms with van der Waals surface area (Å²) in [5.74, 6) is 0. The van der Waals surface area contributed by atoms with E-state index in [0.717, 1.165) is 61.3 Å². The summed E-state index contributed by atoms with van der Waals surface area (Å²) < 4.78 is 75.6. The van der Waals surface area contributed by atoms with Crippen molar-refractivity contribution in [1.82, 2.24) is 0 Å². The van der Waals surface area contributed by atoms with Gasteiger partial charge in [-0.2, -0.15) is 29.3 Å². The maximum Gasteiger partial charge on any atom is -1.00 e. The van der Waals surface area contributed by atoms with Crippen molar-refractivity contribution < 1.29 is 75.4 Å². The van der Waals surface area contributed by atoms with E-state index in [9.17, 15) is 26.3 Å². The van der Waals surface area contributed by atoms with Crippen LogP contribution in [0.5, 0.6) is 0 Å². The van der Waals surface area contributed by atoms with Crippen molar-refractivity contribution in [3.8, 4) is 11.1 Å². The van der Waals surface area contributed by atoms with E-state index in [0.29, 0.717) is 19.7 Å². The van der Waals surface area contributed by atoms with Crippen LogP contribution in [0, 0.1) is 6.42 Å². The molecule has 0 spiro atoms. The second kappa shape index (κ2) is 18.1. The van der Waals surface area contributed by atoms with E-state index in [1.165, 1.54) is 85.5 Å². The average Bonchev–Trinajstić information content (AvgIpc) is 3.83. The molecule has 8 rings (SSSR count). The Kier molecular flexibility index (Phi) is 14.8. The van der Waals surface area contributed by atoms with E-state index in [2.05, 4.69) is 129 Å². The van der Waals surface area contributed by atoms with Crippen molar-refractivity contribution in [3.05, 3.63) is 177 Å². The van der Waals surface area contributed by atoms with Crippen molar-refractivity contribution in [2.45, 2.75) is 104 Å². The summed E-state index contributed by atoms with van der Waals surface area (Å²) >= 11 is 0.898. The zero-order valence-electron chi connectivity index (χ0n) is 35.4. The van der Waals surface area contributed by atoms with Gasteiger partial charge in [0.2, 0.25) is 0 Å². The Morgan fingerprint density at radius 3 is 1.50 bits per heavy atom. The van der Waals surface area contributed by atoms with Gasteiger partial charge in [-0.05, 0) is 70.2 Å². The van der Waals surface area contributed by atoms with Crippen molar-refractivity contribution in [2.75, 3.05) is 0 Å². The Morgan fingerprint density at radius 2 is 1.08 bits per heavy atom. The summed E-state index contributed by atoms with van der Waals surface area (Å²) in [4.78, 5) is 0. The van der Waals surface area contributed by atoms with E-state index >= 15 is 0 Å². The summed E-state index contributed by atoms with van der Waals surface area (Å²) in [7, 11) is 0. The van der Waals surface area contributed by atoms with Crippen LogP contribution in [0.4, 0.5) is 26.3 Å². The van der Waals surface area contributed by atoms with Crippen LogP contribution in [0.2, 0.25) is 0 Å². The minimum atomic E-state index is -4.41. The first-order valence-electron chi connectivity index (χ1n) is 19.6. The third-order valence-corrected chi connectivity index (χ3v) is 13.0. The number of fused-ring (bicyclic) bond motifs is 5. The third kappa shape index (κ3) is 10.6. The van der Waals surface area contributed by atoms with E-state index < -0.39 is 23.5 Å². The monoisotopic (exact) mass is 936 g/mol. The molecular formula is C51H50Cl2F6Zr-2. The summed E-state index contributed by atoms with van der Waals surface area (Å²) in [5.41, 5.74) is 16.3. The number of hydrogen-bond acceptors (Lipinski definition) is 0. The minimum absolute atomic E-state index is 0. The van der Waals surface area contributed by atoms with Gasteiger partial charge in [-0.3, -0.25) is 0 Å². The summed E-state index contributed by atoms with van der Waals surface area (Å²) in [5, 5.41) is 0. The third-order valence-electron chi connectivity index (χ3n) is 11.6. The summed E-state index contributed by atoms with van der Waals surface area (Å²) in [6.45, 7) is 20.6. The van der Waals surface area contributed by atoms with Gasteiger partial charge in [0, 0.05) is 0 Å². The van der Waals surface area contributed by atoms with Crippen LogP contribution >= 0.6 is 0 Å². The molecule has 0 aromatic heterocycles. The molecule has 3 aliphatic rings. The fourth-order valence-electron chi connectivity index (χ4n) is 7.87. The Bertz CT molecular complexity index is 2240. The second-order valence-corrected chi connectivity index (χ2v) is 19.2. The van der Waals surface area contributed by atoms with Crippen LogP contribution in [0.3, 0.4) is 0 Å². The molecule has 5 aromatic carbocycles. The molecule has 0 amide bonds. The molecule has 0 nitrogen and oxygen atoms in total. The van der Waals surface area contributed by atoms with Crippen LogP contribution < -0.4 is 24.8 Å². The first-order chi connectivity index (χ1) is 26.9. The van der Waals surface area contributed by atoms with Gasteiger partial charge in [-0.25, -0.2) is 18.6 Å². The first kappa shape index (κ1) is 49.2. The maximum atomic E-state index is 12.5. The smallest absolute Gasteiger partial charge is 1.00 e. The number of benzene rings is 4. The molecule has 0 fully saturated rings. The Balaban J connectivity index is 0.000000217. The standard InChI is InChI=1S/C27H29.C15H8F6.C9H13.2ClH.Zr/c1-16-7-9-26(3,4)24-12-18-11-19-13-25-21(17(2)8-10-27(25,5)6)15-23(19)22(18)14-20(16)24;16-14(17,18)12-5-1-10(2-6-12)9-11-3-7-13(8-4-11)15(19,20)21;1-9(2,3)8-6-4-5-7-8;;;/h7-9,12-15H,10-11H2,1-6H3;1-8H;4-7H,1-3H3;2*1H;/q-1;;-1;;;+2/p-2. The molecule has 0 atom stereocenters. The zero-order valence-corrected chi connectivity index (χ0v) is 39.4. The Morgan fingerprint density at radius 1 is 0.617 bits per heavy atom. The van der Waals surface area contributed by atoms with Crippen molar-refractivity contribution >= 4 is 14.4 Å². The summed E-state index contributed by atoms with van der Waals surface area (Å²) in [6, 6.07) is 27.6. The molecule has 0 N–H and O–H groups in total. The van der Waals surface area contributed by atoms with Gasteiger partial charge in [0.25, 0.3) is 0 Å². The van der Waals surface area contributed by atoms with E-state index in [1.54, 1.807) is 0 Å². The molecule has 3 aliphatic carbocycles. The SMILES string of the molecule is CC(C)(C)c1cc[cH-]c1.CC1=C[CH-]C(C)(C)c2cc3c(cc21)-c1cc2c(cc1C3)C(C)(C)CC=C2C.FC(F)(F)c1ccc([C](=[Zr+2])c2ccc(C(F)(F)F)cc2)cc1.[Cl-].[Cl-]. The van der Waals surface area contributed by atoms with Crippen LogP contribution in [-0.4, -0.2) is 3.21 Å². The van der Waals surface area contributed by atoms with E-state index in [-0.39, 0.29) is 35.6 Å². The number of hydrogen-bond donors (Lipinski definition) is 0. The van der Waals surface area contributed by atoms with Gasteiger partial charge in [-0.15, -0.1) is 12.5 Å². The molecule has 9 heteroatoms.